The minimum Gasteiger partial charge on any atom is -0.497 e. The van der Waals surface area contributed by atoms with Crippen molar-refractivity contribution in [3.05, 3.63) is 55.0 Å². The quantitative estimate of drug-likeness (QED) is 0.463. The lowest BCUT2D eigenvalue weighted by Gasteiger charge is -2.32. The molecule has 7 nitrogen and oxygen atoms in total. The van der Waals surface area contributed by atoms with Crippen LogP contribution in [0.4, 0.5) is 11.4 Å². The molecule has 0 amide bonds. The van der Waals surface area contributed by atoms with Gasteiger partial charge in [-0.25, -0.2) is 4.98 Å². The first-order chi connectivity index (χ1) is 14.9. The summed E-state index contributed by atoms with van der Waals surface area (Å²) in [4.78, 5) is 11.7. The Hall–Kier alpha value is -3.61. The summed E-state index contributed by atoms with van der Waals surface area (Å²) in [5.74, 6) is 1.49. The van der Waals surface area contributed by atoms with Crippen molar-refractivity contribution in [3.8, 4) is 22.8 Å². The zero-order valence-corrected chi connectivity index (χ0v) is 18.5. The maximum atomic E-state index is 5.50. The average molecular weight is 418 g/mol. The molecule has 31 heavy (non-hydrogen) atoms. The van der Waals surface area contributed by atoms with Crippen LogP contribution in [0.5, 0.6) is 11.5 Å². The molecule has 160 valence electrons. The Kier molecular flexibility index (Phi) is 5.50. The molecule has 0 aliphatic carbocycles. The van der Waals surface area contributed by atoms with Crippen molar-refractivity contribution < 1.29 is 9.47 Å². The smallest absolute Gasteiger partial charge is 0.124 e. The number of nitrogens with one attached hydrogen (secondary N) is 1. The van der Waals surface area contributed by atoms with Gasteiger partial charge in [0.15, 0.2) is 0 Å². The van der Waals surface area contributed by atoms with Gasteiger partial charge < -0.3 is 14.4 Å². The Bertz CT molecular complexity index is 1160. The molecular weight excluding hydrogens is 390 g/mol. The van der Waals surface area contributed by atoms with Gasteiger partial charge in [-0.3, -0.25) is 10.1 Å². The van der Waals surface area contributed by atoms with Gasteiger partial charge in [0.1, 0.15) is 11.5 Å². The molecule has 0 fully saturated rings. The largest absolute Gasteiger partial charge is 0.497 e. The van der Waals surface area contributed by atoms with E-state index in [4.69, 9.17) is 14.5 Å². The van der Waals surface area contributed by atoms with Crippen LogP contribution in [0.3, 0.4) is 0 Å². The zero-order chi connectivity index (χ0) is 22.0. The van der Waals surface area contributed by atoms with Gasteiger partial charge in [0, 0.05) is 47.9 Å². The van der Waals surface area contributed by atoms with Gasteiger partial charge >= 0.3 is 0 Å². The molecular formula is C24H27N5O2. The van der Waals surface area contributed by atoms with Gasteiger partial charge in [0.2, 0.25) is 0 Å². The van der Waals surface area contributed by atoms with E-state index in [-0.39, 0.29) is 5.41 Å². The Morgan fingerprint density at radius 3 is 2.26 bits per heavy atom. The van der Waals surface area contributed by atoms with Crippen LogP contribution in [-0.4, -0.2) is 40.9 Å². The molecule has 1 N–H and O–H groups in total. The van der Waals surface area contributed by atoms with Gasteiger partial charge in [0.25, 0.3) is 0 Å². The number of hydrogen-bond donors (Lipinski definition) is 1. The lowest BCUT2D eigenvalue weighted by atomic mass is 9.95. The summed E-state index contributed by atoms with van der Waals surface area (Å²) in [6.45, 7) is 7.45. The molecule has 0 aliphatic heterocycles. The molecule has 4 aromatic rings. The van der Waals surface area contributed by atoms with Crippen molar-refractivity contribution in [2.24, 2.45) is 5.41 Å². The van der Waals surface area contributed by atoms with Crippen LogP contribution < -0.4 is 14.4 Å². The van der Waals surface area contributed by atoms with Crippen molar-refractivity contribution in [3.63, 3.8) is 0 Å². The van der Waals surface area contributed by atoms with Gasteiger partial charge in [-0.2, -0.15) is 5.10 Å². The van der Waals surface area contributed by atoms with Gasteiger partial charge in [-0.1, -0.05) is 20.8 Å². The number of nitrogens with zero attached hydrogens (tertiary/aromatic N) is 4. The maximum Gasteiger partial charge on any atom is 0.124 e. The second-order valence-electron chi connectivity index (χ2n) is 8.63. The molecule has 0 aliphatic rings. The molecule has 2 aromatic heterocycles. The fourth-order valence-electron chi connectivity index (χ4n) is 3.45. The van der Waals surface area contributed by atoms with Crippen molar-refractivity contribution in [2.45, 2.75) is 20.8 Å². The van der Waals surface area contributed by atoms with Crippen LogP contribution in [-0.2, 0) is 0 Å². The summed E-state index contributed by atoms with van der Waals surface area (Å²) in [5.41, 5.74) is 5.42. The molecule has 7 heteroatoms. The molecule has 0 bridgehead atoms. The van der Waals surface area contributed by atoms with Crippen molar-refractivity contribution in [2.75, 3.05) is 25.7 Å². The van der Waals surface area contributed by atoms with E-state index >= 15 is 0 Å². The number of rotatable bonds is 6. The summed E-state index contributed by atoms with van der Waals surface area (Å²) in [5, 5.41) is 6.84. The first kappa shape index (κ1) is 20.7. The first-order valence-corrected chi connectivity index (χ1v) is 10.1. The highest BCUT2D eigenvalue weighted by Gasteiger charge is 2.20. The summed E-state index contributed by atoms with van der Waals surface area (Å²) in [6, 6.07) is 12.1. The summed E-state index contributed by atoms with van der Waals surface area (Å²) >= 11 is 0. The van der Waals surface area contributed by atoms with E-state index in [2.05, 4.69) is 53.0 Å². The number of hydrogen-bond acceptors (Lipinski definition) is 6. The molecule has 0 atom stereocenters. The zero-order valence-electron chi connectivity index (χ0n) is 18.5. The number of H-pyrrole nitrogens is 1. The van der Waals surface area contributed by atoms with E-state index in [0.29, 0.717) is 0 Å². The number of benzene rings is 2. The van der Waals surface area contributed by atoms with Crippen molar-refractivity contribution in [1.82, 2.24) is 20.2 Å². The lowest BCUT2D eigenvalue weighted by molar-refractivity contribution is 0.393. The number of ether oxygens (including phenoxy) is 2. The summed E-state index contributed by atoms with van der Waals surface area (Å²) < 4.78 is 11.0. The Morgan fingerprint density at radius 2 is 1.65 bits per heavy atom. The molecule has 2 heterocycles. The standard InChI is InChI=1S/C24H27N5O2/c1-24(2,3)15-29(18-8-19(30-4)11-20(9-18)31-5)17-6-7-21-22(10-17)28-23(14-25-21)16-12-26-27-13-16/h6-14H,15H2,1-5H3,(H,26,27). The molecule has 4 rings (SSSR count). The topological polar surface area (TPSA) is 76.2 Å². The van der Waals surface area contributed by atoms with Crippen LogP contribution in [0.25, 0.3) is 22.3 Å². The fourth-order valence-corrected chi connectivity index (χ4v) is 3.45. The number of aromatic amines is 1. The van der Waals surface area contributed by atoms with E-state index in [1.165, 1.54) is 0 Å². The highest BCUT2D eigenvalue weighted by molar-refractivity contribution is 5.82. The number of aromatic nitrogens is 4. The highest BCUT2D eigenvalue weighted by atomic mass is 16.5. The highest BCUT2D eigenvalue weighted by Crippen LogP contribution is 2.36. The van der Waals surface area contributed by atoms with Crippen LogP contribution in [0.15, 0.2) is 55.0 Å². The van der Waals surface area contributed by atoms with Gasteiger partial charge in [0.05, 0.1) is 43.3 Å². The Labute approximate surface area is 182 Å². The van der Waals surface area contributed by atoms with E-state index in [9.17, 15) is 0 Å². The van der Waals surface area contributed by atoms with E-state index in [0.717, 1.165) is 51.7 Å². The molecule has 0 saturated carbocycles. The van der Waals surface area contributed by atoms with Crippen LogP contribution in [0, 0.1) is 5.41 Å². The van der Waals surface area contributed by atoms with Gasteiger partial charge in [-0.15, -0.1) is 0 Å². The van der Waals surface area contributed by atoms with E-state index in [1.54, 1.807) is 26.6 Å². The molecule has 2 aromatic carbocycles. The predicted molar refractivity (Wildman–Crippen MR) is 123 cm³/mol. The van der Waals surface area contributed by atoms with E-state index in [1.807, 2.05) is 30.5 Å². The number of fused-ring (bicyclic) bond motifs is 1. The minimum absolute atomic E-state index is 0.0512. The van der Waals surface area contributed by atoms with Crippen molar-refractivity contribution in [1.29, 1.82) is 0 Å². The third-order valence-corrected chi connectivity index (χ3v) is 4.91. The average Bonchev–Trinajstić information content (AvgIpc) is 3.30. The van der Waals surface area contributed by atoms with Gasteiger partial charge in [-0.05, 0) is 23.6 Å². The third-order valence-electron chi connectivity index (χ3n) is 4.91. The fraction of sp³-hybridized carbons (Fsp3) is 0.292. The van der Waals surface area contributed by atoms with Crippen LogP contribution in [0.1, 0.15) is 20.8 Å². The summed E-state index contributed by atoms with van der Waals surface area (Å²) in [7, 11) is 3.32. The van der Waals surface area contributed by atoms with E-state index < -0.39 is 0 Å². The Morgan fingerprint density at radius 1 is 0.903 bits per heavy atom. The summed E-state index contributed by atoms with van der Waals surface area (Å²) in [6.07, 6.45) is 5.33. The predicted octanol–water partition coefficient (Wildman–Crippen LogP) is 5.22. The molecule has 0 saturated heterocycles. The molecule has 0 radical (unpaired) electrons. The normalized spacial score (nSPS) is 11.5. The van der Waals surface area contributed by atoms with Crippen LogP contribution >= 0.6 is 0 Å². The second kappa shape index (κ2) is 8.26. The Balaban J connectivity index is 1.83. The minimum atomic E-state index is 0.0512. The molecule has 0 unspecified atom stereocenters. The number of methoxy groups -OCH3 is 2. The second-order valence-corrected chi connectivity index (χ2v) is 8.63. The monoisotopic (exact) mass is 417 g/mol. The molecule has 0 spiro atoms. The first-order valence-electron chi connectivity index (χ1n) is 10.1. The SMILES string of the molecule is COc1cc(OC)cc(N(CC(C)(C)C)c2ccc3ncc(-c4cn[nH]c4)nc3c2)c1. The number of anilines is 2. The van der Waals surface area contributed by atoms with Crippen LogP contribution in [0.2, 0.25) is 0 Å². The third kappa shape index (κ3) is 4.60. The maximum absolute atomic E-state index is 5.50. The van der Waals surface area contributed by atoms with Crippen molar-refractivity contribution >= 4 is 22.4 Å². The lowest BCUT2D eigenvalue weighted by Crippen LogP contribution is -2.28.